The SMILES string of the molecule is O=C1c2ccccc2C(=O)C(O)(O)C1(O)O. The topological polar surface area (TPSA) is 115 Å². The average Bonchev–Trinajstić information content (AvgIpc) is 2.25. The Hall–Kier alpha value is -1.60. The second kappa shape index (κ2) is 2.96. The van der Waals surface area contributed by atoms with Crippen LogP contribution in [-0.4, -0.2) is 43.6 Å². The van der Waals surface area contributed by atoms with Crippen molar-refractivity contribution in [2.45, 2.75) is 11.6 Å². The Kier molecular flexibility index (Phi) is 2.01. The third-order valence-electron chi connectivity index (χ3n) is 2.54. The van der Waals surface area contributed by atoms with Crippen molar-refractivity contribution in [1.29, 1.82) is 0 Å². The highest BCUT2D eigenvalue weighted by Crippen LogP contribution is 2.32. The molecule has 0 spiro atoms. The van der Waals surface area contributed by atoms with E-state index in [4.69, 9.17) is 0 Å². The number of hydrogen-bond donors (Lipinski definition) is 4. The standard InChI is InChI=1S/C10H8O6/c11-7-5-3-1-2-4-6(5)8(12)10(15,16)9(7,13)14/h1-4,13-16H. The molecule has 0 amide bonds. The summed E-state index contributed by atoms with van der Waals surface area (Å²) in [5.41, 5.74) is -0.507. The molecule has 1 aromatic carbocycles. The van der Waals surface area contributed by atoms with Crippen LogP contribution in [-0.2, 0) is 0 Å². The van der Waals surface area contributed by atoms with Crippen LogP contribution in [0, 0.1) is 0 Å². The van der Waals surface area contributed by atoms with E-state index in [0.29, 0.717) is 0 Å². The third kappa shape index (κ3) is 1.09. The number of ketones is 2. The van der Waals surface area contributed by atoms with E-state index < -0.39 is 23.1 Å². The van der Waals surface area contributed by atoms with Gasteiger partial charge in [0.2, 0.25) is 11.6 Å². The first-order valence-corrected chi connectivity index (χ1v) is 4.38. The molecule has 0 bridgehead atoms. The van der Waals surface area contributed by atoms with E-state index in [2.05, 4.69) is 0 Å². The van der Waals surface area contributed by atoms with Crippen molar-refractivity contribution in [3.05, 3.63) is 35.4 Å². The Morgan fingerprint density at radius 3 is 1.38 bits per heavy atom. The molecule has 0 heterocycles. The summed E-state index contributed by atoms with van der Waals surface area (Å²) >= 11 is 0. The van der Waals surface area contributed by atoms with Crippen LogP contribution in [0.3, 0.4) is 0 Å². The minimum atomic E-state index is -3.53. The fourth-order valence-corrected chi connectivity index (χ4v) is 1.57. The second-order valence-electron chi connectivity index (χ2n) is 3.55. The number of benzene rings is 1. The van der Waals surface area contributed by atoms with Crippen LogP contribution in [0.4, 0.5) is 0 Å². The lowest BCUT2D eigenvalue weighted by molar-refractivity contribution is -0.299. The molecule has 1 aliphatic carbocycles. The molecule has 0 fully saturated rings. The van der Waals surface area contributed by atoms with E-state index in [1.807, 2.05) is 0 Å². The molecule has 1 aliphatic rings. The summed E-state index contributed by atoms with van der Waals surface area (Å²) in [6.07, 6.45) is 0. The van der Waals surface area contributed by atoms with Crippen molar-refractivity contribution in [1.82, 2.24) is 0 Å². The van der Waals surface area contributed by atoms with Gasteiger partial charge in [-0.3, -0.25) is 9.59 Å². The van der Waals surface area contributed by atoms with Gasteiger partial charge in [-0.2, -0.15) is 0 Å². The largest absolute Gasteiger partial charge is 0.355 e. The lowest BCUT2D eigenvalue weighted by Gasteiger charge is -2.36. The molecule has 6 heteroatoms. The number of carbonyl (C=O) groups excluding carboxylic acids is 2. The quantitative estimate of drug-likeness (QED) is 0.396. The Morgan fingerprint density at radius 1 is 0.750 bits per heavy atom. The van der Waals surface area contributed by atoms with Gasteiger partial charge in [0.05, 0.1) is 0 Å². The highest BCUT2D eigenvalue weighted by atomic mass is 16.6. The number of hydrogen-bond acceptors (Lipinski definition) is 6. The van der Waals surface area contributed by atoms with E-state index in [1.165, 1.54) is 24.3 Å². The van der Waals surface area contributed by atoms with E-state index in [9.17, 15) is 30.0 Å². The molecular formula is C10H8O6. The summed E-state index contributed by atoms with van der Waals surface area (Å²) in [5, 5.41) is 37.1. The Morgan fingerprint density at radius 2 is 1.06 bits per heavy atom. The predicted octanol–water partition coefficient (Wildman–Crippen LogP) is -1.57. The summed E-state index contributed by atoms with van der Waals surface area (Å²) in [4.78, 5) is 23.1. The number of aliphatic hydroxyl groups is 4. The van der Waals surface area contributed by atoms with Crippen molar-refractivity contribution < 1.29 is 30.0 Å². The zero-order chi connectivity index (χ0) is 12.1. The first kappa shape index (κ1) is 10.9. The van der Waals surface area contributed by atoms with E-state index in [1.54, 1.807) is 0 Å². The Balaban J connectivity index is 2.76. The van der Waals surface area contributed by atoms with Gasteiger partial charge in [0.15, 0.2) is 0 Å². The van der Waals surface area contributed by atoms with Crippen LogP contribution < -0.4 is 0 Å². The number of carbonyl (C=O) groups is 2. The molecule has 0 saturated carbocycles. The second-order valence-corrected chi connectivity index (χ2v) is 3.55. The first-order chi connectivity index (χ1) is 7.30. The number of rotatable bonds is 0. The first-order valence-electron chi connectivity index (χ1n) is 4.38. The van der Waals surface area contributed by atoms with E-state index in [0.717, 1.165) is 0 Å². The molecule has 1 aromatic rings. The normalized spacial score (nSPS) is 21.8. The van der Waals surface area contributed by atoms with Crippen molar-refractivity contribution in [2.75, 3.05) is 0 Å². The fourth-order valence-electron chi connectivity index (χ4n) is 1.57. The van der Waals surface area contributed by atoms with Gasteiger partial charge in [-0.1, -0.05) is 24.3 Å². The highest BCUT2D eigenvalue weighted by Gasteiger charge is 2.62. The van der Waals surface area contributed by atoms with Gasteiger partial charge >= 0.3 is 0 Å². The van der Waals surface area contributed by atoms with Gasteiger partial charge in [-0.05, 0) is 0 Å². The van der Waals surface area contributed by atoms with Gasteiger partial charge < -0.3 is 20.4 Å². The number of fused-ring (bicyclic) bond motifs is 1. The lowest BCUT2D eigenvalue weighted by atomic mass is 9.81. The van der Waals surface area contributed by atoms with Gasteiger partial charge in [0, 0.05) is 11.1 Å². The molecular weight excluding hydrogens is 216 g/mol. The van der Waals surface area contributed by atoms with Crippen LogP contribution in [0.2, 0.25) is 0 Å². The zero-order valence-corrected chi connectivity index (χ0v) is 7.91. The van der Waals surface area contributed by atoms with Crippen molar-refractivity contribution >= 4 is 11.6 Å². The Labute approximate surface area is 89.4 Å². The summed E-state index contributed by atoms with van der Waals surface area (Å²) in [6, 6.07) is 5.24. The van der Waals surface area contributed by atoms with Crippen molar-refractivity contribution in [3.8, 4) is 0 Å². The Bertz CT molecular complexity index is 443. The molecule has 0 saturated heterocycles. The minimum Gasteiger partial charge on any atom is -0.355 e. The summed E-state index contributed by atoms with van der Waals surface area (Å²) in [5.74, 6) is -9.71. The molecule has 4 N–H and O–H groups in total. The molecule has 0 aliphatic heterocycles. The summed E-state index contributed by atoms with van der Waals surface area (Å²) < 4.78 is 0. The molecule has 2 rings (SSSR count). The van der Waals surface area contributed by atoms with Crippen molar-refractivity contribution in [2.24, 2.45) is 0 Å². The molecule has 16 heavy (non-hydrogen) atoms. The van der Waals surface area contributed by atoms with Gasteiger partial charge in [-0.25, -0.2) is 0 Å². The van der Waals surface area contributed by atoms with Gasteiger partial charge in [0.25, 0.3) is 11.6 Å². The minimum absolute atomic E-state index is 0.253. The maximum atomic E-state index is 11.5. The molecule has 0 unspecified atom stereocenters. The van der Waals surface area contributed by atoms with Gasteiger partial charge in [-0.15, -0.1) is 0 Å². The summed E-state index contributed by atoms with van der Waals surface area (Å²) in [6.45, 7) is 0. The van der Waals surface area contributed by atoms with E-state index >= 15 is 0 Å². The molecule has 6 nitrogen and oxygen atoms in total. The van der Waals surface area contributed by atoms with E-state index in [-0.39, 0.29) is 11.1 Å². The maximum Gasteiger partial charge on any atom is 0.292 e. The van der Waals surface area contributed by atoms with Crippen molar-refractivity contribution in [3.63, 3.8) is 0 Å². The molecule has 0 radical (unpaired) electrons. The fraction of sp³-hybridized carbons (Fsp3) is 0.200. The molecule has 0 atom stereocenters. The van der Waals surface area contributed by atoms with Crippen LogP contribution in [0.1, 0.15) is 20.7 Å². The van der Waals surface area contributed by atoms with Crippen LogP contribution in [0.5, 0.6) is 0 Å². The molecule has 84 valence electrons. The van der Waals surface area contributed by atoms with Crippen LogP contribution >= 0.6 is 0 Å². The smallest absolute Gasteiger partial charge is 0.292 e. The molecule has 0 aromatic heterocycles. The maximum absolute atomic E-state index is 11.5. The summed E-state index contributed by atoms with van der Waals surface area (Å²) in [7, 11) is 0. The highest BCUT2D eigenvalue weighted by molar-refractivity contribution is 6.20. The average molecular weight is 224 g/mol. The lowest BCUT2D eigenvalue weighted by Crippen LogP contribution is -2.66. The van der Waals surface area contributed by atoms with Crippen LogP contribution in [0.15, 0.2) is 24.3 Å². The number of Topliss-reactive ketones (excluding diaryl/α,β-unsaturated/α-hetero) is 2. The monoisotopic (exact) mass is 224 g/mol. The van der Waals surface area contributed by atoms with Gasteiger partial charge in [0.1, 0.15) is 0 Å². The predicted molar refractivity (Wildman–Crippen MR) is 49.4 cm³/mol. The van der Waals surface area contributed by atoms with Crippen LogP contribution in [0.25, 0.3) is 0 Å². The zero-order valence-electron chi connectivity index (χ0n) is 7.91. The third-order valence-corrected chi connectivity index (χ3v) is 2.54.